The van der Waals surface area contributed by atoms with Crippen molar-refractivity contribution in [3.8, 4) is 0 Å². The molecule has 108 valence electrons. The van der Waals surface area contributed by atoms with Gasteiger partial charge in [0.1, 0.15) is 0 Å². The first-order valence-corrected chi connectivity index (χ1v) is 16.2. The van der Waals surface area contributed by atoms with E-state index >= 15 is 0 Å². The number of aliphatic carboxylic acids is 3. The van der Waals surface area contributed by atoms with Gasteiger partial charge in [0, 0.05) is 0 Å². The summed E-state index contributed by atoms with van der Waals surface area (Å²) >= 11 is -4.22. The van der Waals surface area contributed by atoms with Gasteiger partial charge < -0.3 is 0 Å². The molecular formula is C13H16O6Pb. The van der Waals surface area contributed by atoms with Crippen LogP contribution in [0.3, 0.4) is 0 Å². The number of hydrogen-bond donors (Lipinski definition) is 3. The summed E-state index contributed by atoms with van der Waals surface area (Å²) in [4.78, 5) is 33.3. The van der Waals surface area contributed by atoms with Crippen molar-refractivity contribution in [2.45, 2.75) is 18.9 Å². The molecule has 0 aliphatic heterocycles. The number of carboxylic acid groups (broad SMARTS) is 3. The van der Waals surface area contributed by atoms with E-state index in [4.69, 9.17) is 15.3 Å². The van der Waals surface area contributed by atoms with E-state index in [0.29, 0.717) is 3.12 Å². The predicted molar refractivity (Wildman–Crippen MR) is 73.9 cm³/mol. The second-order valence-electron chi connectivity index (χ2n) is 4.86. The summed E-state index contributed by atoms with van der Waals surface area (Å²) < 4.78 is -0.340. The molecule has 3 N–H and O–H groups in total. The van der Waals surface area contributed by atoms with Crippen LogP contribution < -0.4 is 3.12 Å². The molecule has 6 nitrogen and oxygen atoms in total. The molecular weight excluding hydrogens is 459 g/mol. The monoisotopic (exact) mass is 476 g/mol. The molecule has 0 fully saturated rings. The second kappa shape index (κ2) is 6.82. The molecule has 0 heterocycles. The first-order valence-electron chi connectivity index (χ1n) is 5.98. The van der Waals surface area contributed by atoms with Gasteiger partial charge in [-0.2, -0.15) is 0 Å². The van der Waals surface area contributed by atoms with Crippen LogP contribution in [0.25, 0.3) is 0 Å². The van der Waals surface area contributed by atoms with E-state index in [1.165, 1.54) is 0 Å². The predicted octanol–water partition coefficient (Wildman–Crippen LogP) is 0.905. The molecule has 0 amide bonds. The zero-order valence-corrected chi connectivity index (χ0v) is 14.9. The average Bonchev–Trinajstić information content (AvgIpc) is 2.26. The van der Waals surface area contributed by atoms with Crippen LogP contribution in [-0.4, -0.2) is 54.4 Å². The summed E-state index contributed by atoms with van der Waals surface area (Å²) in [6.07, 6.45) is 0. The fourth-order valence-corrected chi connectivity index (χ4v) is 16.3. The molecule has 0 spiro atoms. The summed E-state index contributed by atoms with van der Waals surface area (Å²) in [6.45, 7) is 1.86. The molecule has 20 heavy (non-hydrogen) atoms. The van der Waals surface area contributed by atoms with Gasteiger partial charge in [-0.1, -0.05) is 0 Å². The van der Waals surface area contributed by atoms with Gasteiger partial charge in [0.05, 0.1) is 0 Å². The maximum atomic E-state index is 11.1. The third kappa shape index (κ3) is 4.58. The fourth-order valence-electron chi connectivity index (χ4n) is 2.27. The van der Waals surface area contributed by atoms with E-state index in [9.17, 15) is 14.4 Å². The Morgan fingerprint density at radius 1 is 0.850 bits per heavy atom. The molecule has 0 unspecified atom stereocenters. The standard InChI is InChI=1S/C7H7.3C2H3O2.Pb/c1-7-5-3-2-4-6-7;3*1-2(3)4;/h3-6H,1H3;3*1H2,(H,3,4);. The Balaban J connectivity index is 3.32. The number of aryl methyl sites for hydroxylation is 1. The normalized spacial score (nSPS) is 11.1. The number of carboxylic acids is 3. The summed E-state index contributed by atoms with van der Waals surface area (Å²) in [5.41, 5.74) is 0.956. The van der Waals surface area contributed by atoms with Crippen LogP contribution in [0.15, 0.2) is 24.3 Å². The number of benzene rings is 1. The van der Waals surface area contributed by atoms with Crippen LogP contribution in [0.1, 0.15) is 5.56 Å². The Hall–Kier alpha value is -1.45. The van der Waals surface area contributed by atoms with Gasteiger partial charge in [0.25, 0.3) is 0 Å². The second-order valence-corrected chi connectivity index (χ2v) is 21.2. The quantitative estimate of drug-likeness (QED) is 0.506. The van der Waals surface area contributed by atoms with E-state index in [2.05, 4.69) is 0 Å². The third-order valence-electron chi connectivity index (χ3n) is 3.13. The Bertz CT molecular complexity index is 481. The topological polar surface area (TPSA) is 112 Å². The molecule has 0 bridgehead atoms. The van der Waals surface area contributed by atoms with Gasteiger partial charge in [-0.05, 0) is 0 Å². The van der Waals surface area contributed by atoms with Crippen molar-refractivity contribution in [3.63, 3.8) is 0 Å². The van der Waals surface area contributed by atoms with Crippen molar-refractivity contribution in [2.75, 3.05) is 0 Å². The van der Waals surface area contributed by atoms with Crippen molar-refractivity contribution in [1.82, 2.24) is 0 Å². The van der Waals surface area contributed by atoms with Gasteiger partial charge >= 0.3 is 121 Å². The average molecular weight is 475 g/mol. The van der Waals surface area contributed by atoms with E-state index in [0.717, 1.165) is 5.56 Å². The van der Waals surface area contributed by atoms with Crippen LogP contribution in [0.4, 0.5) is 0 Å². The minimum absolute atomic E-state index is 0.325. The summed E-state index contributed by atoms with van der Waals surface area (Å²) in [7, 11) is 0. The van der Waals surface area contributed by atoms with Crippen molar-refractivity contribution in [3.05, 3.63) is 29.8 Å². The van der Waals surface area contributed by atoms with Gasteiger partial charge in [0.2, 0.25) is 0 Å². The molecule has 0 aliphatic carbocycles. The van der Waals surface area contributed by atoms with E-state index in [1.807, 2.05) is 6.92 Å². The molecule has 0 aromatic heterocycles. The van der Waals surface area contributed by atoms with E-state index < -0.39 is 39.1 Å². The Morgan fingerprint density at radius 3 is 1.50 bits per heavy atom. The minimum atomic E-state index is -4.22. The van der Waals surface area contributed by atoms with Crippen LogP contribution in [0, 0.1) is 6.92 Å². The van der Waals surface area contributed by atoms with Crippen molar-refractivity contribution in [1.29, 1.82) is 0 Å². The molecule has 1 rings (SSSR count). The van der Waals surface area contributed by atoms with E-state index in [-0.39, 0.29) is 11.9 Å². The third-order valence-corrected chi connectivity index (χ3v) is 20.6. The summed E-state index contributed by atoms with van der Waals surface area (Å²) in [5, 5.41) is 27.2. The van der Waals surface area contributed by atoms with Gasteiger partial charge in [-0.25, -0.2) is 0 Å². The first-order chi connectivity index (χ1) is 9.25. The molecule has 0 saturated heterocycles. The Labute approximate surface area is 120 Å². The van der Waals surface area contributed by atoms with Crippen molar-refractivity contribution in [2.24, 2.45) is 0 Å². The molecule has 0 aliphatic rings. The number of rotatable bonds is 7. The van der Waals surface area contributed by atoms with Crippen molar-refractivity contribution < 1.29 is 29.7 Å². The van der Waals surface area contributed by atoms with E-state index in [1.54, 1.807) is 24.3 Å². The number of carbonyl (C=O) groups is 3. The molecule has 7 heteroatoms. The van der Waals surface area contributed by atoms with Gasteiger partial charge in [0.15, 0.2) is 0 Å². The van der Waals surface area contributed by atoms with Crippen LogP contribution >= 0.6 is 0 Å². The summed E-state index contributed by atoms with van der Waals surface area (Å²) in [6, 6.07) is 6.89. The maximum absolute atomic E-state index is 11.1. The van der Waals surface area contributed by atoms with Crippen molar-refractivity contribution >= 4 is 42.2 Å². The van der Waals surface area contributed by atoms with Crippen LogP contribution in [0.2, 0.25) is 11.9 Å². The first kappa shape index (κ1) is 16.6. The SMILES string of the molecule is Cc1cc[c]([Pb]([CH2]C(=O)O)([CH2]C(=O)O)[CH2]C(=O)O)cc1. The Morgan fingerprint density at radius 2 is 1.20 bits per heavy atom. The molecule has 0 saturated carbocycles. The Kier molecular flexibility index (Phi) is 5.66. The van der Waals surface area contributed by atoms with Gasteiger partial charge in [-0.15, -0.1) is 0 Å². The van der Waals surface area contributed by atoms with Crippen LogP contribution in [0.5, 0.6) is 0 Å². The molecule has 1 aromatic rings. The zero-order valence-electron chi connectivity index (χ0n) is 11.0. The van der Waals surface area contributed by atoms with Gasteiger partial charge in [-0.3, -0.25) is 0 Å². The molecule has 1 aromatic carbocycles. The molecule has 0 radical (unpaired) electrons. The zero-order chi connectivity index (χ0) is 15.3. The number of hydrogen-bond acceptors (Lipinski definition) is 3. The molecule has 0 atom stereocenters. The van der Waals surface area contributed by atoms with Crippen LogP contribution in [-0.2, 0) is 14.4 Å². The summed E-state index contributed by atoms with van der Waals surface area (Å²) in [5.74, 6) is -3.39. The fraction of sp³-hybridized carbons (Fsp3) is 0.308.